The van der Waals surface area contributed by atoms with Crippen LogP contribution < -0.4 is 10.2 Å². The fraction of sp³-hybridized carbons (Fsp3) is 0.353. The van der Waals surface area contributed by atoms with Crippen LogP contribution in [0, 0.1) is 5.82 Å². The van der Waals surface area contributed by atoms with Gasteiger partial charge in [-0.2, -0.15) is 0 Å². The van der Waals surface area contributed by atoms with E-state index in [1.165, 1.54) is 12.8 Å². The molecule has 0 aliphatic heterocycles. The molecule has 0 spiro atoms. The minimum Gasteiger partial charge on any atom is -0.368 e. The summed E-state index contributed by atoms with van der Waals surface area (Å²) < 4.78 is 14.3. The Hall–Kier alpha value is -1.94. The predicted molar refractivity (Wildman–Crippen MR) is 82.6 cm³/mol. The summed E-state index contributed by atoms with van der Waals surface area (Å²) in [5.74, 6) is -0.165. The van der Waals surface area contributed by atoms with Crippen molar-refractivity contribution in [2.45, 2.75) is 32.0 Å². The van der Waals surface area contributed by atoms with Gasteiger partial charge in [0, 0.05) is 38.6 Å². The van der Waals surface area contributed by atoms with Crippen molar-refractivity contribution < 1.29 is 4.39 Å². The first-order chi connectivity index (χ1) is 10.2. The number of hydrogen-bond donors (Lipinski definition) is 1. The van der Waals surface area contributed by atoms with Gasteiger partial charge in [-0.25, -0.2) is 4.39 Å². The van der Waals surface area contributed by atoms with E-state index in [-0.39, 0.29) is 5.82 Å². The summed E-state index contributed by atoms with van der Waals surface area (Å²) in [5.41, 5.74) is 2.74. The fourth-order valence-corrected chi connectivity index (χ4v) is 2.37. The molecule has 110 valence electrons. The molecule has 4 heteroatoms. The number of anilines is 1. The summed E-state index contributed by atoms with van der Waals surface area (Å²) in [6.07, 6.45) is 6.00. The minimum atomic E-state index is -0.165. The molecule has 1 aliphatic carbocycles. The van der Waals surface area contributed by atoms with Gasteiger partial charge in [-0.05, 0) is 48.2 Å². The number of hydrogen-bond acceptors (Lipinski definition) is 3. The van der Waals surface area contributed by atoms with Crippen LogP contribution in [0.3, 0.4) is 0 Å². The Morgan fingerprint density at radius 1 is 1.19 bits per heavy atom. The molecule has 1 fully saturated rings. The van der Waals surface area contributed by atoms with E-state index in [4.69, 9.17) is 0 Å². The third kappa shape index (κ3) is 3.79. The monoisotopic (exact) mass is 285 g/mol. The second-order valence-electron chi connectivity index (χ2n) is 5.65. The lowest BCUT2D eigenvalue weighted by molar-refractivity contribution is 0.614. The first kappa shape index (κ1) is 14.0. The summed E-state index contributed by atoms with van der Waals surface area (Å²) in [4.78, 5) is 5.91. The highest BCUT2D eigenvalue weighted by atomic mass is 19.1. The summed E-state index contributed by atoms with van der Waals surface area (Å²) in [7, 11) is 1.90. The van der Waals surface area contributed by atoms with Gasteiger partial charge in [-0.15, -0.1) is 0 Å². The maximum absolute atomic E-state index is 14.3. The molecule has 1 aromatic heterocycles. The summed E-state index contributed by atoms with van der Waals surface area (Å²) in [6.45, 7) is 1.41. The molecular weight excluding hydrogens is 265 g/mol. The number of aromatic nitrogens is 1. The van der Waals surface area contributed by atoms with Gasteiger partial charge < -0.3 is 10.2 Å². The Labute approximate surface area is 124 Å². The van der Waals surface area contributed by atoms with Gasteiger partial charge >= 0.3 is 0 Å². The predicted octanol–water partition coefficient (Wildman–Crippen LogP) is 3.11. The van der Waals surface area contributed by atoms with E-state index in [0.29, 0.717) is 18.3 Å². The number of rotatable bonds is 6. The van der Waals surface area contributed by atoms with E-state index < -0.39 is 0 Å². The Balaban J connectivity index is 1.66. The Bertz CT molecular complexity index is 596. The van der Waals surface area contributed by atoms with Crippen LogP contribution in [0.2, 0.25) is 0 Å². The molecule has 2 aromatic rings. The maximum Gasteiger partial charge on any atom is 0.146 e. The standard InChI is InChI=1S/C17H20FN3/c1-21(12-13-6-8-19-9-7-13)17-5-2-14(10-16(17)18)11-20-15-3-4-15/h2,5-10,15,20H,3-4,11-12H2,1H3. The van der Waals surface area contributed by atoms with Crippen LogP contribution in [-0.2, 0) is 13.1 Å². The zero-order chi connectivity index (χ0) is 14.7. The molecule has 0 bridgehead atoms. The van der Waals surface area contributed by atoms with Crippen LogP contribution in [0.4, 0.5) is 10.1 Å². The minimum absolute atomic E-state index is 0.165. The van der Waals surface area contributed by atoms with Crippen LogP contribution >= 0.6 is 0 Å². The molecular formula is C17H20FN3. The Kier molecular flexibility index (Phi) is 4.15. The van der Waals surface area contributed by atoms with Crippen LogP contribution in [0.5, 0.6) is 0 Å². The van der Waals surface area contributed by atoms with E-state index in [9.17, 15) is 4.39 Å². The lowest BCUT2D eigenvalue weighted by atomic mass is 10.1. The SMILES string of the molecule is CN(Cc1ccncc1)c1ccc(CNC2CC2)cc1F. The van der Waals surface area contributed by atoms with E-state index in [2.05, 4.69) is 10.3 Å². The molecule has 0 amide bonds. The van der Waals surface area contributed by atoms with Gasteiger partial charge in [0.1, 0.15) is 5.82 Å². The third-order valence-corrected chi connectivity index (χ3v) is 3.76. The van der Waals surface area contributed by atoms with Crippen LogP contribution in [0.1, 0.15) is 24.0 Å². The number of halogens is 1. The zero-order valence-electron chi connectivity index (χ0n) is 12.2. The first-order valence-corrected chi connectivity index (χ1v) is 7.34. The summed E-state index contributed by atoms with van der Waals surface area (Å²) in [6, 6.07) is 10.0. The molecule has 0 radical (unpaired) electrons. The van der Waals surface area contributed by atoms with Gasteiger partial charge in [0.25, 0.3) is 0 Å². The molecule has 1 aliphatic rings. The van der Waals surface area contributed by atoms with Crippen molar-refractivity contribution in [2.75, 3.05) is 11.9 Å². The average Bonchev–Trinajstić information content (AvgIpc) is 3.30. The van der Waals surface area contributed by atoms with Gasteiger partial charge in [0.2, 0.25) is 0 Å². The van der Waals surface area contributed by atoms with E-state index in [0.717, 1.165) is 17.7 Å². The second-order valence-corrected chi connectivity index (χ2v) is 5.65. The summed E-state index contributed by atoms with van der Waals surface area (Å²) >= 11 is 0. The van der Waals surface area contributed by atoms with Crippen molar-refractivity contribution >= 4 is 5.69 Å². The van der Waals surface area contributed by atoms with Crippen molar-refractivity contribution in [3.63, 3.8) is 0 Å². The number of nitrogens with one attached hydrogen (secondary N) is 1. The van der Waals surface area contributed by atoms with E-state index in [1.807, 2.05) is 36.2 Å². The highest BCUT2D eigenvalue weighted by Gasteiger charge is 2.20. The zero-order valence-corrected chi connectivity index (χ0v) is 12.2. The molecule has 1 saturated carbocycles. The molecule has 3 rings (SSSR count). The first-order valence-electron chi connectivity index (χ1n) is 7.34. The van der Waals surface area contributed by atoms with Crippen molar-refractivity contribution in [1.29, 1.82) is 0 Å². The summed E-state index contributed by atoms with van der Waals surface area (Å²) in [5, 5.41) is 3.40. The Morgan fingerprint density at radius 3 is 2.62 bits per heavy atom. The van der Waals surface area contributed by atoms with Crippen molar-refractivity contribution in [2.24, 2.45) is 0 Å². The molecule has 0 saturated heterocycles. The average molecular weight is 285 g/mol. The smallest absolute Gasteiger partial charge is 0.146 e. The van der Waals surface area contributed by atoms with Gasteiger partial charge in [-0.1, -0.05) is 6.07 Å². The topological polar surface area (TPSA) is 28.2 Å². The molecule has 0 atom stereocenters. The van der Waals surface area contributed by atoms with Crippen molar-refractivity contribution in [3.05, 3.63) is 59.7 Å². The van der Waals surface area contributed by atoms with Gasteiger partial charge in [-0.3, -0.25) is 4.98 Å². The van der Waals surface area contributed by atoms with Crippen LogP contribution in [-0.4, -0.2) is 18.1 Å². The highest BCUT2D eigenvalue weighted by molar-refractivity contribution is 5.49. The fourth-order valence-electron chi connectivity index (χ4n) is 2.37. The molecule has 0 unspecified atom stereocenters. The Morgan fingerprint density at radius 2 is 1.95 bits per heavy atom. The number of benzene rings is 1. The molecule has 21 heavy (non-hydrogen) atoms. The molecule has 1 heterocycles. The lowest BCUT2D eigenvalue weighted by Crippen LogP contribution is -2.19. The lowest BCUT2D eigenvalue weighted by Gasteiger charge is -2.20. The van der Waals surface area contributed by atoms with Gasteiger partial charge in [0.05, 0.1) is 5.69 Å². The molecule has 1 N–H and O–H groups in total. The molecule has 3 nitrogen and oxygen atoms in total. The van der Waals surface area contributed by atoms with Crippen LogP contribution in [0.15, 0.2) is 42.7 Å². The van der Waals surface area contributed by atoms with Crippen molar-refractivity contribution in [3.8, 4) is 0 Å². The van der Waals surface area contributed by atoms with E-state index in [1.54, 1.807) is 18.5 Å². The second kappa shape index (κ2) is 6.22. The molecule has 1 aromatic carbocycles. The number of pyridine rings is 1. The normalized spacial score (nSPS) is 14.2. The van der Waals surface area contributed by atoms with E-state index >= 15 is 0 Å². The van der Waals surface area contributed by atoms with Crippen molar-refractivity contribution in [1.82, 2.24) is 10.3 Å². The quantitative estimate of drug-likeness (QED) is 0.884. The maximum atomic E-state index is 14.3. The highest BCUT2D eigenvalue weighted by Crippen LogP contribution is 2.23. The largest absolute Gasteiger partial charge is 0.368 e. The van der Waals surface area contributed by atoms with Gasteiger partial charge in [0.15, 0.2) is 0 Å². The van der Waals surface area contributed by atoms with Crippen LogP contribution in [0.25, 0.3) is 0 Å². The number of nitrogens with zero attached hydrogens (tertiary/aromatic N) is 2. The third-order valence-electron chi connectivity index (χ3n) is 3.76.